The zero-order valence-electron chi connectivity index (χ0n) is 16.9. The highest BCUT2D eigenvalue weighted by Gasteiger charge is 2.18. The van der Waals surface area contributed by atoms with Crippen molar-refractivity contribution in [3.05, 3.63) is 73.0 Å². The van der Waals surface area contributed by atoms with E-state index in [9.17, 15) is 5.11 Å². The van der Waals surface area contributed by atoms with E-state index in [0.717, 1.165) is 27.3 Å². The van der Waals surface area contributed by atoms with Crippen molar-refractivity contribution in [1.29, 1.82) is 0 Å². The average Bonchev–Trinajstić information content (AvgIpc) is 3.39. The monoisotopic (exact) mass is 490 g/mol. The molecule has 1 aliphatic rings. The number of anilines is 1. The summed E-state index contributed by atoms with van der Waals surface area (Å²) in [6.07, 6.45) is 2.18. The third kappa shape index (κ3) is 5.28. The van der Waals surface area contributed by atoms with Crippen molar-refractivity contribution in [2.24, 2.45) is 10.2 Å². The molecule has 166 valence electrons. The molecule has 0 radical (unpaired) electrons. The third-order valence-corrected chi connectivity index (χ3v) is 6.41. The Labute approximate surface area is 198 Å². The minimum Gasteiger partial charge on any atom is -0.492 e. The Balaban J connectivity index is 1.71. The maximum absolute atomic E-state index is 10.7. The molecular formula is C22H20Cl2N4O3S. The lowest BCUT2D eigenvalue weighted by Crippen LogP contribution is -2.15. The minimum atomic E-state index is -0.0623. The van der Waals surface area contributed by atoms with Crippen molar-refractivity contribution in [1.82, 2.24) is 4.98 Å². The smallest absolute Gasteiger partial charge is 0.231 e. The Morgan fingerprint density at radius 3 is 2.81 bits per heavy atom. The van der Waals surface area contributed by atoms with E-state index in [2.05, 4.69) is 20.5 Å². The average molecular weight is 491 g/mol. The minimum absolute atomic E-state index is 0.0213. The number of nitrogens with zero attached hydrogens (tertiary/aromatic N) is 3. The number of hydrogen-bond donors (Lipinski definition) is 3. The topological polar surface area (TPSA) is 99.3 Å². The molecule has 0 atom stereocenters. The molecule has 4 rings (SSSR count). The van der Waals surface area contributed by atoms with Gasteiger partial charge in [0.15, 0.2) is 5.13 Å². The van der Waals surface area contributed by atoms with Gasteiger partial charge in [-0.1, -0.05) is 46.7 Å². The predicted octanol–water partition coefficient (Wildman–Crippen LogP) is 2.99. The second-order valence-corrected chi connectivity index (χ2v) is 8.79. The number of halogens is 2. The molecule has 0 amide bonds. The van der Waals surface area contributed by atoms with Gasteiger partial charge in [-0.3, -0.25) is 0 Å². The number of nitrogens with one attached hydrogen (secondary N) is 1. The van der Waals surface area contributed by atoms with E-state index in [1.165, 1.54) is 11.3 Å². The van der Waals surface area contributed by atoms with Crippen LogP contribution in [0.15, 0.2) is 46.6 Å². The molecule has 7 nitrogen and oxygen atoms in total. The van der Waals surface area contributed by atoms with E-state index in [4.69, 9.17) is 33.0 Å². The maximum atomic E-state index is 10.7. The zero-order valence-corrected chi connectivity index (χ0v) is 19.2. The lowest BCUT2D eigenvalue weighted by molar-refractivity contribution is 0.0992. The van der Waals surface area contributed by atoms with Crippen LogP contribution in [0, 0.1) is 0 Å². The Hall–Kier alpha value is -2.49. The Bertz CT molecular complexity index is 1280. The van der Waals surface area contributed by atoms with Crippen LogP contribution in [0.2, 0.25) is 10.0 Å². The third-order valence-electron chi connectivity index (χ3n) is 4.76. The Morgan fingerprint density at radius 2 is 2.00 bits per heavy atom. The van der Waals surface area contributed by atoms with E-state index in [-0.39, 0.29) is 19.1 Å². The summed E-state index contributed by atoms with van der Waals surface area (Å²) < 4.78 is 5.25. The highest BCUT2D eigenvalue weighted by molar-refractivity contribution is 7.16. The second-order valence-electron chi connectivity index (χ2n) is 6.94. The van der Waals surface area contributed by atoms with Crippen LogP contribution in [0.4, 0.5) is 5.13 Å². The lowest BCUT2D eigenvalue weighted by Gasteiger charge is -2.09. The molecule has 3 N–H and O–H groups in total. The molecule has 0 spiro atoms. The number of benzene rings is 2. The van der Waals surface area contributed by atoms with Gasteiger partial charge in [0.1, 0.15) is 0 Å². The normalized spacial score (nSPS) is 13.1. The molecular weight excluding hydrogens is 471 g/mol. The first-order chi connectivity index (χ1) is 15.5. The number of aliphatic hydroxyl groups excluding tert-OH is 1. The van der Waals surface area contributed by atoms with Gasteiger partial charge in [0.2, 0.25) is 5.88 Å². The van der Waals surface area contributed by atoms with E-state index < -0.39 is 0 Å². The molecule has 0 aliphatic carbocycles. The molecule has 10 heteroatoms. The summed E-state index contributed by atoms with van der Waals surface area (Å²) in [5.41, 5.74) is 2.66. The van der Waals surface area contributed by atoms with Crippen LogP contribution in [0.25, 0.3) is 5.57 Å². The Morgan fingerprint density at radius 1 is 1.12 bits per heavy atom. The van der Waals surface area contributed by atoms with Crippen LogP contribution >= 0.6 is 34.5 Å². The van der Waals surface area contributed by atoms with Gasteiger partial charge >= 0.3 is 0 Å². The molecule has 3 aromatic rings. The fraction of sp³-hybridized carbons (Fsp3) is 0.227. The first kappa shape index (κ1) is 22.7. The number of aromatic hydroxyl groups is 1. The summed E-state index contributed by atoms with van der Waals surface area (Å²) in [6.45, 7) is 1.18. The number of thiazole rings is 1. The van der Waals surface area contributed by atoms with E-state index in [0.29, 0.717) is 39.6 Å². The first-order valence-corrected chi connectivity index (χ1v) is 11.4. The first-order valence-electron chi connectivity index (χ1n) is 9.86. The van der Waals surface area contributed by atoms with Crippen LogP contribution in [0.3, 0.4) is 0 Å². The van der Waals surface area contributed by atoms with Gasteiger partial charge in [-0.05, 0) is 40.6 Å². The molecule has 2 heterocycles. The highest BCUT2D eigenvalue weighted by atomic mass is 35.5. The number of fused-ring (bicyclic) bond motifs is 1. The fourth-order valence-electron chi connectivity index (χ4n) is 3.24. The van der Waals surface area contributed by atoms with E-state index >= 15 is 0 Å². The quantitative estimate of drug-likeness (QED) is 0.400. The van der Waals surface area contributed by atoms with Crippen LogP contribution < -0.4 is 15.9 Å². The van der Waals surface area contributed by atoms with Gasteiger partial charge in [-0.25, -0.2) is 0 Å². The van der Waals surface area contributed by atoms with E-state index in [1.807, 2.05) is 24.3 Å². The van der Waals surface area contributed by atoms with Gasteiger partial charge in [0.25, 0.3) is 0 Å². The molecule has 0 unspecified atom stereocenters. The number of aromatic nitrogens is 1. The molecule has 32 heavy (non-hydrogen) atoms. The fourth-order valence-corrected chi connectivity index (χ4v) is 4.67. The molecule has 2 aromatic carbocycles. The molecule has 1 aliphatic heterocycles. The van der Waals surface area contributed by atoms with Gasteiger partial charge in [0.05, 0.1) is 36.3 Å². The zero-order chi connectivity index (χ0) is 22.5. The standard InChI is InChI=1S/C22H20Cl2N4O3S/c23-16-3-1-14(18(24)11-16)10-17(13-2-4-19-15(9-13)12-26-28-19)20-21(30)27-22(32-20)25-5-7-31-8-6-29/h1-4,9,11-12,29-30H,5-8,10H2,(H,25,27). The number of aliphatic hydroxyl groups is 1. The summed E-state index contributed by atoms with van der Waals surface area (Å²) in [7, 11) is 0. The predicted molar refractivity (Wildman–Crippen MR) is 128 cm³/mol. The number of rotatable bonds is 9. The second kappa shape index (κ2) is 10.4. The van der Waals surface area contributed by atoms with Crippen LogP contribution in [-0.2, 0) is 11.2 Å². The van der Waals surface area contributed by atoms with Crippen molar-refractivity contribution in [2.75, 3.05) is 31.7 Å². The molecule has 1 aromatic heterocycles. The molecule has 0 saturated heterocycles. The summed E-state index contributed by atoms with van der Waals surface area (Å²) >= 11 is 13.9. The SMILES string of the molecule is OCCOCCNc1nc(O)c(C(Cc2ccc(Cl)cc2Cl)=c2ccc3c(c2)C=NN=3)s1. The molecule has 0 fully saturated rings. The van der Waals surface area contributed by atoms with Crippen LogP contribution in [-0.4, -0.2) is 47.8 Å². The van der Waals surface area contributed by atoms with Crippen LogP contribution in [0.1, 0.15) is 16.0 Å². The number of ether oxygens (including phenoxy) is 1. The van der Waals surface area contributed by atoms with Crippen molar-refractivity contribution in [2.45, 2.75) is 6.42 Å². The number of hydrogen-bond acceptors (Lipinski definition) is 8. The van der Waals surface area contributed by atoms with Gasteiger partial charge in [0, 0.05) is 28.6 Å². The highest BCUT2D eigenvalue weighted by Crippen LogP contribution is 2.35. The van der Waals surface area contributed by atoms with Crippen LogP contribution in [0.5, 0.6) is 5.88 Å². The summed E-state index contributed by atoms with van der Waals surface area (Å²) in [5, 5.41) is 34.0. The molecule has 0 bridgehead atoms. The summed E-state index contributed by atoms with van der Waals surface area (Å²) in [6, 6.07) is 11.2. The van der Waals surface area contributed by atoms with Crippen molar-refractivity contribution in [3.63, 3.8) is 0 Å². The maximum Gasteiger partial charge on any atom is 0.231 e. The lowest BCUT2D eigenvalue weighted by atomic mass is 10.00. The largest absolute Gasteiger partial charge is 0.492 e. The summed E-state index contributed by atoms with van der Waals surface area (Å²) in [5.74, 6) is -0.0623. The van der Waals surface area contributed by atoms with Crippen molar-refractivity contribution >= 4 is 51.5 Å². The van der Waals surface area contributed by atoms with E-state index in [1.54, 1.807) is 18.3 Å². The van der Waals surface area contributed by atoms with Gasteiger partial charge < -0.3 is 20.3 Å². The van der Waals surface area contributed by atoms with Gasteiger partial charge in [-0.15, -0.1) is 0 Å². The Kier molecular flexibility index (Phi) is 7.39. The molecule has 0 saturated carbocycles. The van der Waals surface area contributed by atoms with Crippen molar-refractivity contribution in [3.8, 4) is 5.88 Å². The van der Waals surface area contributed by atoms with Crippen molar-refractivity contribution < 1.29 is 14.9 Å². The summed E-state index contributed by atoms with van der Waals surface area (Å²) in [4.78, 5) is 4.90. The van der Waals surface area contributed by atoms with Gasteiger partial charge in [-0.2, -0.15) is 15.2 Å².